The number of likely N-dealkylation sites (tertiary alicyclic amines) is 1. The number of nitrogens with zero attached hydrogens (tertiary/aromatic N) is 1. The molecule has 0 saturated carbocycles. The van der Waals surface area contributed by atoms with E-state index in [0.29, 0.717) is 0 Å². The second kappa shape index (κ2) is 4.17. The molecule has 4 nitrogen and oxygen atoms in total. The molecule has 14 heavy (non-hydrogen) atoms. The van der Waals surface area contributed by atoms with E-state index in [4.69, 9.17) is 10.5 Å². The first-order valence-electron chi connectivity index (χ1n) is 5.11. The normalized spacial score (nSPS) is 20.8. The first kappa shape index (κ1) is 11.3. The zero-order valence-electron chi connectivity index (χ0n) is 9.25. The molecular formula is C10H20N2O2. The maximum absolute atomic E-state index is 10.5. The Morgan fingerprint density at radius 3 is 2.21 bits per heavy atom. The van der Waals surface area contributed by atoms with E-state index in [1.165, 1.54) is 0 Å². The summed E-state index contributed by atoms with van der Waals surface area (Å²) in [6.07, 6.45) is 1.14. The fourth-order valence-corrected chi connectivity index (χ4v) is 1.81. The van der Waals surface area contributed by atoms with Gasteiger partial charge in [-0.05, 0) is 33.6 Å². The highest BCUT2D eigenvalue weighted by atomic mass is 16.6. The summed E-state index contributed by atoms with van der Waals surface area (Å²) >= 11 is 0. The van der Waals surface area contributed by atoms with Crippen LogP contribution in [0.3, 0.4) is 0 Å². The molecule has 0 aromatic rings. The van der Waals surface area contributed by atoms with Crippen molar-refractivity contribution in [3.05, 3.63) is 0 Å². The van der Waals surface area contributed by atoms with Crippen LogP contribution in [-0.2, 0) is 4.74 Å². The number of nitrogens with two attached hydrogens (primary N) is 1. The van der Waals surface area contributed by atoms with E-state index in [1.54, 1.807) is 0 Å². The maximum Gasteiger partial charge on any atom is 0.404 e. The fourth-order valence-electron chi connectivity index (χ4n) is 1.81. The van der Waals surface area contributed by atoms with E-state index in [2.05, 4.69) is 25.7 Å². The number of carbonyl (C=O) groups excluding carboxylic acids is 1. The van der Waals surface area contributed by atoms with Crippen LogP contribution >= 0.6 is 0 Å². The summed E-state index contributed by atoms with van der Waals surface area (Å²) in [5.74, 6) is 0. The van der Waals surface area contributed by atoms with E-state index in [0.717, 1.165) is 25.9 Å². The van der Waals surface area contributed by atoms with Gasteiger partial charge in [-0.1, -0.05) is 0 Å². The molecule has 1 aliphatic heterocycles. The van der Waals surface area contributed by atoms with Gasteiger partial charge in [-0.2, -0.15) is 0 Å². The Morgan fingerprint density at radius 1 is 1.36 bits per heavy atom. The van der Waals surface area contributed by atoms with Crippen molar-refractivity contribution in [1.29, 1.82) is 0 Å². The van der Waals surface area contributed by atoms with Crippen molar-refractivity contribution in [2.45, 2.75) is 45.3 Å². The monoisotopic (exact) mass is 200 g/mol. The largest absolute Gasteiger partial charge is 0.446 e. The molecular weight excluding hydrogens is 180 g/mol. The van der Waals surface area contributed by atoms with Gasteiger partial charge in [0.1, 0.15) is 6.10 Å². The lowest BCUT2D eigenvalue weighted by atomic mass is 9.99. The van der Waals surface area contributed by atoms with Crippen molar-refractivity contribution >= 4 is 6.09 Å². The van der Waals surface area contributed by atoms with Crippen LogP contribution in [0, 0.1) is 0 Å². The molecule has 1 heterocycles. The number of hydrogen-bond donors (Lipinski definition) is 1. The summed E-state index contributed by atoms with van der Waals surface area (Å²) in [7, 11) is 0. The van der Waals surface area contributed by atoms with Gasteiger partial charge in [0.15, 0.2) is 0 Å². The molecule has 0 spiro atoms. The molecule has 1 fully saturated rings. The van der Waals surface area contributed by atoms with Crippen molar-refractivity contribution in [3.8, 4) is 0 Å². The summed E-state index contributed by atoms with van der Waals surface area (Å²) in [5.41, 5.74) is 5.18. The zero-order chi connectivity index (χ0) is 10.8. The van der Waals surface area contributed by atoms with E-state index in [9.17, 15) is 4.79 Å². The zero-order valence-corrected chi connectivity index (χ0v) is 9.25. The number of hydrogen-bond acceptors (Lipinski definition) is 3. The quantitative estimate of drug-likeness (QED) is 0.695. The highest BCUT2D eigenvalue weighted by Gasteiger charge is 2.28. The van der Waals surface area contributed by atoms with Crippen LogP contribution in [0.15, 0.2) is 0 Å². The van der Waals surface area contributed by atoms with Crippen molar-refractivity contribution in [2.24, 2.45) is 5.73 Å². The molecule has 1 rings (SSSR count). The smallest absolute Gasteiger partial charge is 0.404 e. The average molecular weight is 200 g/mol. The summed E-state index contributed by atoms with van der Waals surface area (Å²) in [5, 5.41) is 0. The average Bonchev–Trinajstić information content (AvgIpc) is 2.02. The van der Waals surface area contributed by atoms with Crippen molar-refractivity contribution in [2.75, 3.05) is 13.1 Å². The third-order valence-electron chi connectivity index (χ3n) is 2.67. The van der Waals surface area contributed by atoms with Crippen molar-refractivity contribution < 1.29 is 9.53 Å². The molecule has 0 aromatic heterocycles. The number of ether oxygens (including phenoxy) is 1. The Morgan fingerprint density at radius 2 is 1.86 bits per heavy atom. The topological polar surface area (TPSA) is 55.6 Å². The Balaban J connectivity index is 2.35. The third-order valence-corrected chi connectivity index (χ3v) is 2.67. The maximum atomic E-state index is 10.5. The third kappa shape index (κ3) is 3.18. The molecule has 1 aliphatic rings. The fraction of sp³-hybridized carbons (Fsp3) is 0.900. The molecule has 1 saturated heterocycles. The molecule has 0 bridgehead atoms. The van der Waals surface area contributed by atoms with Gasteiger partial charge < -0.3 is 10.5 Å². The lowest BCUT2D eigenvalue weighted by Crippen LogP contribution is -2.48. The molecule has 0 aromatic carbocycles. The predicted molar refractivity (Wildman–Crippen MR) is 55.0 cm³/mol. The lowest BCUT2D eigenvalue weighted by molar-refractivity contribution is 0.0255. The SMILES string of the molecule is CC(C)(C)N1CCC(OC(N)=O)CC1. The van der Waals surface area contributed by atoms with Crippen LogP contribution in [0.4, 0.5) is 4.79 Å². The standard InChI is InChI=1S/C10H20N2O2/c1-10(2,3)12-6-4-8(5-7-12)14-9(11)13/h8H,4-7H2,1-3H3,(H2,11,13). The minimum absolute atomic E-state index is 0.0195. The molecule has 2 N–H and O–H groups in total. The van der Waals surface area contributed by atoms with Gasteiger partial charge in [0.25, 0.3) is 0 Å². The van der Waals surface area contributed by atoms with Crippen LogP contribution in [0.1, 0.15) is 33.6 Å². The Bertz CT molecular complexity index is 203. The molecule has 0 radical (unpaired) electrons. The van der Waals surface area contributed by atoms with Gasteiger partial charge in [0, 0.05) is 18.6 Å². The Hall–Kier alpha value is -0.770. The molecule has 0 aliphatic carbocycles. The number of carbonyl (C=O) groups is 1. The Labute approximate surface area is 85.4 Å². The minimum atomic E-state index is -0.654. The molecule has 4 heteroatoms. The molecule has 0 atom stereocenters. The number of primary amides is 1. The second-order valence-electron chi connectivity index (χ2n) is 4.79. The van der Waals surface area contributed by atoms with Crippen molar-refractivity contribution in [3.63, 3.8) is 0 Å². The summed E-state index contributed by atoms with van der Waals surface area (Å²) in [6.45, 7) is 8.54. The van der Waals surface area contributed by atoms with E-state index < -0.39 is 6.09 Å². The first-order valence-corrected chi connectivity index (χ1v) is 5.11. The van der Waals surface area contributed by atoms with Crippen LogP contribution in [0.25, 0.3) is 0 Å². The van der Waals surface area contributed by atoms with Gasteiger partial charge >= 0.3 is 6.09 Å². The van der Waals surface area contributed by atoms with Gasteiger partial charge in [0.05, 0.1) is 0 Å². The van der Waals surface area contributed by atoms with E-state index in [1.807, 2.05) is 0 Å². The number of rotatable bonds is 1. The van der Waals surface area contributed by atoms with Crippen LogP contribution in [-0.4, -0.2) is 35.7 Å². The van der Waals surface area contributed by atoms with Gasteiger partial charge in [-0.25, -0.2) is 4.79 Å². The number of piperidine rings is 1. The number of amides is 1. The first-order chi connectivity index (χ1) is 6.39. The summed E-state index contributed by atoms with van der Waals surface area (Å²) < 4.78 is 4.96. The van der Waals surface area contributed by atoms with E-state index in [-0.39, 0.29) is 11.6 Å². The molecule has 0 unspecified atom stereocenters. The Kier molecular flexibility index (Phi) is 3.37. The highest BCUT2D eigenvalue weighted by molar-refractivity contribution is 5.64. The van der Waals surface area contributed by atoms with Crippen molar-refractivity contribution in [1.82, 2.24) is 4.90 Å². The molecule has 1 amide bonds. The van der Waals surface area contributed by atoms with Crippen LogP contribution in [0.5, 0.6) is 0 Å². The second-order valence-corrected chi connectivity index (χ2v) is 4.79. The lowest BCUT2D eigenvalue weighted by Gasteiger charge is -2.40. The summed E-state index contributed by atoms with van der Waals surface area (Å²) in [4.78, 5) is 12.9. The van der Waals surface area contributed by atoms with Crippen LogP contribution in [0.2, 0.25) is 0 Å². The minimum Gasteiger partial charge on any atom is -0.446 e. The van der Waals surface area contributed by atoms with Gasteiger partial charge in [-0.15, -0.1) is 0 Å². The van der Waals surface area contributed by atoms with E-state index >= 15 is 0 Å². The molecule has 82 valence electrons. The van der Waals surface area contributed by atoms with Gasteiger partial charge in [0.2, 0.25) is 0 Å². The van der Waals surface area contributed by atoms with Gasteiger partial charge in [-0.3, -0.25) is 4.90 Å². The summed E-state index contributed by atoms with van der Waals surface area (Å²) in [6, 6.07) is 0. The van der Waals surface area contributed by atoms with Crippen LogP contribution < -0.4 is 5.73 Å². The predicted octanol–water partition coefficient (Wildman–Crippen LogP) is 1.34. The highest BCUT2D eigenvalue weighted by Crippen LogP contribution is 2.21.